The lowest BCUT2D eigenvalue weighted by Gasteiger charge is -2.08. The number of benzene rings is 2. The molecular weight excluding hydrogens is 387 g/mol. The largest absolute Gasteiger partial charge is 0.465 e. The van der Waals surface area contributed by atoms with E-state index in [2.05, 4.69) is 15.4 Å². The Kier molecular flexibility index (Phi) is 4.97. The van der Waals surface area contributed by atoms with Crippen LogP contribution < -0.4 is 5.32 Å². The van der Waals surface area contributed by atoms with E-state index in [1.807, 2.05) is 13.0 Å². The minimum atomic E-state index is -0.553. The summed E-state index contributed by atoms with van der Waals surface area (Å²) in [5.41, 5.74) is 3.33. The van der Waals surface area contributed by atoms with Gasteiger partial charge in [-0.2, -0.15) is 5.10 Å². The molecule has 1 N–H and O–H groups in total. The number of ether oxygens (including phenoxy) is 1. The maximum Gasteiger partial charge on any atom is 0.339 e. The van der Waals surface area contributed by atoms with Crippen molar-refractivity contribution in [1.29, 1.82) is 0 Å². The second kappa shape index (κ2) is 7.75. The lowest BCUT2D eigenvalue weighted by Crippen LogP contribution is -2.16. The number of methoxy groups -OCH3 is 1. The summed E-state index contributed by atoms with van der Waals surface area (Å²) in [5.74, 6) is -1.37. The Labute approximate surface area is 171 Å². The fourth-order valence-electron chi connectivity index (χ4n) is 3.07. The van der Waals surface area contributed by atoms with Crippen molar-refractivity contribution in [1.82, 2.24) is 14.6 Å². The summed E-state index contributed by atoms with van der Waals surface area (Å²) in [6, 6.07) is 15.9. The summed E-state index contributed by atoms with van der Waals surface area (Å²) >= 11 is 0. The maximum atomic E-state index is 13.2. The molecule has 0 unspecified atom stereocenters. The Morgan fingerprint density at radius 1 is 1.07 bits per heavy atom. The summed E-state index contributed by atoms with van der Waals surface area (Å²) in [5, 5.41) is 7.01. The Morgan fingerprint density at radius 3 is 2.53 bits per heavy atom. The topological polar surface area (TPSA) is 85.6 Å². The van der Waals surface area contributed by atoms with Crippen LogP contribution in [0.25, 0.3) is 16.9 Å². The molecule has 0 atom stereocenters. The van der Waals surface area contributed by atoms with E-state index in [9.17, 15) is 14.0 Å². The van der Waals surface area contributed by atoms with E-state index in [-0.39, 0.29) is 17.1 Å². The molecule has 2 aromatic carbocycles. The van der Waals surface area contributed by atoms with Crippen LogP contribution in [0.1, 0.15) is 26.5 Å². The molecule has 4 aromatic rings. The highest BCUT2D eigenvalue weighted by Crippen LogP contribution is 2.21. The third-order valence-electron chi connectivity index (χ3n) is 4.56. The quantitative estimate of drug-likeness (QED) is 0.522. The molecule has 0 fully saturated rings. The molecule has 0 bridgehead atoms. The highest BCUT2D eigenvalue weighted by molar-refractivity contribution is 6.07. The van der Waals surface area contributed by atoms with Crippen LogP contribution in [0.3, 0.4) is 0 Å². The van der Waals surface area contributed by atoms with Crippen molar-refractivity contribution in [3.05, 3.63) is 83.4 Å². The predicted molar refractivity (Wildman–Crippen MR) is 109 cm³/mol. The molecule has 2 aromatic heterocycles. The summed E-state index contributed by atoms with van der Waals surface area (Å²) in [7, 11) is 1.27. The summed E-state index contributed by atoms with van der Waals surface area (Å²) in [6.07, 6.45) is 0. The van der Waals surface area contributed by atoms with Gasteiger partial charge in [-0.15, -0.1) is 0 Å². The van der Waals surface area contributed by atoms with Gasteiger partial charge in [-0.25, -0.2) is 18.7 Å². The van der Waals surface area contributed by atoms with E-state index >= 15 is 0 Å². The van der Waals surface area contributed by atoms with Crippen LogP contribution in [0.4, 0.5) is 10.1 Å². The molecule has 0 saturated carbocycles. The van der Waals surface area contributed by atoms with E-state index in [1.165, 1.54) is 19.2 Å². The van der Waals surface area contributed by atoms with Gasteiger partial charge in [0.15, 0.2) is 11.3 Å². The maximum absolute atomic E-state index is 13.2. The first-order valence-electron chi connectivity index (χ1n) is 9.08. The van der Waals surface area contributed by atoms with E-state index in [0.29, 0.717) is 17.0 Å². The second-order valence-electron chi connectivity index (χ2n) is 6.58. The average Bonchev–Trinajstić information content (AvgIpc) is 3.19. The molecule has 30 heavy (non-hydrogen) atoms. The van der Waals surface area contributed by atoms with Gasteiger partial charge in [0.1, 0.15) is 5.82 Å². The van der Waals surface area contributed by atoms with Gasteiger partial charge in [-0.1, -0.05) is 12.1 Å². The fraction of sp³-hybridized carbons (Fsp3) is 0.0909. The molecule has 0 aliphatic carbocycles. The number of rotatable bonds is 4. The molecular formula is C22H17FN4O3. The minimum absolute atomic E-state index is 0.140. The van der Waals surface area contributed by atoms with Crippen LogP contribution in [-0.2, 0) is 4.74 Å². The van der Waals surface area contributed by atoms with Gasteiger partial charge in [0, 0.05) is 17.3 Å². The molecule has 8 heteroatoms. The number of hydrogen-bond acceptors (Lipinski definition) is 5. The number of para-hydroxylation sites is 1. The van der Waals surface area contributed by atoms with Gasteiger partial charge in [0.2, 0.25) is 0 Å². The van der Waals surface area contributed by atoms with E-state index < -0.39 is 11.9 Å². The Bertz CT molecular complexity index is 1270. The number of esters is 1. The molecule has 2 heterocycles. The van der Waals surface area contributed by atoms with Gasteiger partial charge in [0.05, 0.1) is 24.1 Å². The molecule has 0 spiro atoms. The first-order chi connectivity index (χ1) is 14.5. The van der Waals surface area contributed by atoms with Crippen molar-refractivity contribution < 1.29 is 18.7 Å². The van der Waals surface area contributed by atoms with Crippen molar-refractivity contribution in [2.75, 3.05) is 12.4 Å². The molecule has 0 aliphatic heterocycles. The highest BCUT2D eigenvalue weighted by atomic mass is 19.1. The lowest BCUT2D eigenvalue weighted by molar-refractivity contribution is 0.0602. The zero-order valence-electron chi connectivity index (χ0n) is 16.2. The number of anilines is 1. The van der Waals surface area contributed by atoms with E-state index in [0.717, 1.165) is 11.3 Å². The number of halogens is 1. The third kappa shape index (κ3) is 3.62. The average molecular weight is 404 g/mol. The third-order valence-corrected chi connectivity index (χ3v) is 4.56. The fourth-order valence-corrected chi connectivity index (χ4v) is 3.07. The summed E-state index contributed by atoms with van der Waals surface area (Å²) < 4.78 is 19.5. The first kappa shape index (κ1) is 19.3. The van der Waals surface area contributed by atoms with Gasteiger partial charge in [-0.05, 0) is 49.4 Å². The molecule has 0 aliphatic rings. The highest BCUT2D eigenvalue weighted by Gasteiger charge is 2.18. The van der Waals surface area contributed by atoms with Crippen LogP contribution in [0, 0.1) is 12.7 Å². The van der Waals surface area contributed by atoms with Crippen molar-refractivity contribution in [2.24, 2.45) is 0 Å². The Balaban J connectivity index is 1.67. The van der Waals surface area contributed by atoms with Gasteiger partial charge in [-0.3, -0.25) is 4.79 Å². The van der Waals surface area contributed by atoms with E-state index in [4.69, 9.17) is 4.74 Å². The van der Waals surface area contributed by atoms with Crippen LogP contribution in [-0.4, -0.2) is 33.6 Å². The zero-order valence-corrected chi connectivity index (χ0v) is 16.2. The number of hydrogen-bond donors (Lipinski definition) is 1. The normalized spacial score (nSPS) is 10.8. The smallest absolute Gasteiger partial charge is 0.339 e. The molecule has 0 radical (unpaired) electrons. The SMILES string of the molecule is COC(=O)c1ccccc1NC(=O)c1cc2nc(-c3ccc(F)cc3)cc(C)n2n1. The second-order valence-corrected chi connectivity index (χ2v) is 6.58. The van der Waals surface area contributed by atoms with Crippen molar-refractivity contribution in [2.45, 2.75) is 6.92 Å². The number of fused-ring (bicyclic) bond motifs is 1. The Morgan fingerprint density at radius 2 is 1.80 bits per heavy atom. The molecule has 0 saturated heterocycles. The predicted octanol–water partition coefficient (Wildman–Crippen LogP) is 3.88. The number of amides is 1. The molecule has 4 rings (SSSR count). The summed E-state index contributed by atoms with van der Waals surface area (Å²) in [4.78, 5) is 29.2. The molecule has 1 amide bonds. The van der Waals surface area contributed by atoms with Crippen LogP contribution in [0.5, 0.6) is 0 Å². The first-order valence-corrected chi connectivity index (χ1v) is 9.08. The summed E-state index contributed by atoms with van der Waals surface area (Å²) in [6.45, 7) is 1.84. The molecule has 150 valence electrons. The number of aryl methyl sites for hydroxylation is 1. The minimum Gasteiger partial charge on any atom is -0.465 e. The van der Waals surface area contributed by atoms with Gasteiger partial charge in [0.25, 0.3) is 5.91 Å². The number of aromatic nitrogens is 3. The van der Waals surface area contributed by atoms with Crippen LogP contribution in [0.15, 0.2) is 60.7 Å². The van der Waals surface area contributed by atoms with Crippen LogP contribution in [0.2, 0.25) is 0 Å². The van der Waals surface area contributed by atoms with E-state index in [1.54, 1.807) is 47.0 Å². The van der Waals surface area contributed by atoms with Crippen molar-refractivity contribution in [3.8, 4) is 11.3 Å². The number of carbonyl (C=O) groups excluding carboxylic acids is 2. The number of nitrogens with one attached hydrogen (secondary N) is 1. The van der Waals surface area contributed by atoms with Gasteiger partial charge < -0.3 is 10.1 Å². The van der Waals surface area contributed by atoms with Crippen molar-refractivity contribution >= 4 is 23.2 Å². The van der Waals surface area contributed by atoms with Gasteiger partial charge >= 0.3 is 5.97 Å². The zero-order chi connectivity index (χ0) is 21.3. The number of nitrogens with zero attached hydrogens (tertiary/aromatic N) is 3. The molecule has 7 nitrogen and oxygen atoms in total. The number of carbonyl (C=O) groups is 2. The Hall–Kier alpha value is -4.07. The van der Waals surface area contributed by atoms with Crippen molar-refractivity contribution in [3.63, 3.8) is 0 Å². The van der Waals surface area contributed by atoms with Crippen LogP contribution >= 0.6 is 0 Å². The monoisotopic (exact) mass is 404 g/mol. The lowest BCUT2D eigenvalue weighted by atomic mass is 10.1. The standard InChI is InChI=1S/C22H17FN4O3/c1-13-11-18(14-7-9-15(23)10-8-14)24-20-12-19(26-27(13)20)21(28)25-17-6-4-3-5-16(17)22(29)30-2/h3-12H,1-2H3,(H,25,28).